The summed E-state index contributed by atoms with van der Waals surface area (Å²) in [5.74, 6) is -1.39. The maximum atomic E-state index is 10.8. The van der Waals surface area contributed by atoms with Crippen LogP contribution in [-0.4, -0.2) is 24.0 Å². The Morgan fingerprint density at radius 2 is 1.93 bits per heavy atom. The van der Waals surface area contributed by atoms with Crippen LogP contribution >= 0.6 is 22.6 Å². The number of hydrogen-bond acceptors (Lipinski definition) is 3. The van der Waals surface area contributed by atoms with Crippen molar-refractivity contribution < 1.29 is 22.9 Å². The lowest BCUT2D eigenvalue weighted by atomic mass is 10.2. The number of aromatic carboxylic acids is 1. The minimum Gasteiger partial charge on any atom is -0.478 e. The zero-order chi connectivity index (χ0) is 10.9. The summed E-state index contributed by atoms with van der Waals surface area (Å²) in [6.07, 6.45) is 0. The third-order valence-corrected chi connectivity index (χ3v) is 3.26. The lowest BCUT2D eigenvalue weighted by molar-refractivity contribution is 0.0691. The van der Waals surface area contributed by atoms with Crippen LogP contribution in [0.4, 0.5) is 0 Å². The molecule has 76 valence electrons. The lowest BCUT2D eigenvalue weighted by Crippen LogP contribution is -2.09. The summed E-state index contributed by atoms with van der Waals surface area (Å²) in [6, 6.07) is 3.84. The third kappa shape index (κ3) is 2.22. The van der Waals surface area contributed by atoms with E-state index < -0.39 is 26.5 Å². The lowest BCUT2D eigenvalue weighted by Gasteiger charge is -2.03. The maximum Gasteiger partial charge on any atom is 0.338 e. The molecular weight excluding hydrogens is 323 g/mol. The zero-order valence-electron chi connectivity index (χ0n) is 6.64. The van der Waals surface area contributed by atoms with Crippen molar-refractivity contribution in [1.82, 2.24) is 0 Å². The zero-order valence-corrected chi connectivity index (χ0v) is 9.61. The molecule has 1 aromatic rings. The summed E-state index contributed by atoms with van der Waals surface area (Å²) >= 11 is 1.68. The van der Waals surface area contributed by atoms with E-state index in [1.54, 1.807) is 22.6 Å². The highest BCUT2D eigenvalue weighted by atomic mass is 127. The highest BCUT2D eigenvalue weighted by Gasteiger charge is 2.22. The summed E-state index contributed by atoms with van der Waals surface area (Å²) in [5, 5.41) is 8.73. The molecule has 0 amide bonds. The maximum absolute atomic E-state index is 10.8. The van der Waals surface area contributed by atoms with Crippen molar-refractivity contribution in [2.24, 2.45) is 0 Å². The molecular formula is C7H5IO5S. The van der Waals surface area contributed by atoms with E-state index in [0.29, 0.717) is 0 Å². The van der Waals surface area contributed by atoms with Crippen LogP contribution < -0.4 is 0 Å². The van der Waals surface area contributed by atoms with Crippen molar-refractivity contribution in [3.63, 3.8) is 0 Å². The van der Waals surface area contributed by atoms with Gasteiger partial charge in [0.05, 0.1) is 5.56 Å². The number of hydrogen-bond donors (Lipinski definition) is 2. The van der Waals surface area contributed by atoms with Gasteiger partial charge in [-0.2, -0.15) is 8.42 Å². The molecule has 0 saturated heterocycles. The van der Waals surface area contributed by atoms with Gasteiger partial charge in [0.1, 0.15) is 4.90 Å². The first-order valence-corrected chi connectivity index (χ1v) is 5.85. The molecule has 2 N–H and O–H groups in total. The van der Waals surface area contributed by atoms with E-state index in [9.17, 15) is 13.2 Å². The van der Waals surface area contributed by atoms with E-state index in [4.69, 9.17) is 9.66 Å². The fourth-order valence-electron chi connectivity index (χ4n) is 0.927. The summed E-state index contributed by atoms with van der Waals surface area (Å²) in [5.41, 5.74) is -0.407. The molecule has 0 heterocycles. The van der Waals surface area contributed by atoms with Crippen molar-refractivity contribution in [1.29, 1.82) is 0 Å². The topological polar surface area (TPSA) is 91.7 Å². The Bertz CT molecular complexity index is 479. The second-order valence-electron chi connectivity index (χ2n) is 2.39. The monoisotopic (exact) mass is 328 g/mol. The Hall–Kier alpha value is -0.670. The van der Waals surface area contributed by atoms with Crippen LogP contribution in [0.25, 0.3) is 0 Å². The summed E-state index contributed by atoms with van der Waals surface area (Å²) in [7, 11) is -4.49. The minimum absolute atomic E-state index is 0.255. The van der Waals surface area contributed by atoms with Gasteiger partial charge in [0.25, 0.3) is 10.1 Å². The quantitative estimate of drug-likeness (QED) is 0.629. The second kappa shape index (κ2) is 3.83. The van der Waals surface area contributed by atoms with Crippen LogP contribution in [-0.2, 0) is 10.1 Å². The molecule has 1 aromatic carbocycles. The third-order valence-electron chi connectivity index (χ3n) is 1.47. The molecule has 0 radical (unpaired) electrons. The first-order valence-electron chi connectivity index (χ1n) is 3.33. The normalized spacial score (nSPS) is 11.3. The molecule has 0 saturated carbocycles. The molecule has 0 fully saturated rings. The van der Waals surface area contributed by atoms with Crippen molar-refractivity contribution >= 4 is 38.7 Å². The van der Waals surface area contributed by atoms with Gasteiger partial charge < -0.3 is 5.11 Å². The van der Waals surface area contributed by atoms with Gasteiger partial charge in [-0.15, -0.1) is 0 Å². The van der Waals surface area contributed by atoms with Crippen LogP contribution in [0, 0.1) is 3.57 Å². The van der Waals surface area contributed by atoms with E-state index in [2.05, 4.69) is 0 Å². The van der Waals surface area contributed by atoms with E-state index in [1.165, 1.54) is 12.1 Å². The van der Waals surface area contributed by atoms with Crippen LogP contribution in [0.2, 0.25) is 0 Å². The summed E-state index contributed by atoms with van der Waals surface area (Å²) in [6.45, 7) is 0. The van der Waals surface area contributed by atoms with E-state index in [-0.39, 0.29) is 3.57 Å². The highest BCUT2D eigenvalue weighted by molar-refractivity contribution is 14.1. The molecule has 0 spiro atoms. The van der Waals surface area contributed by atoms with Gasteiger partial charge in [-0.25, -0.2) is 4.79 Å². The summed E-state index contributed by atoms with van der Waals surface area (Å²) < 4.78 is 30.6. The van der Waals surface area contributed by atoms with Crippen LogP contribution in [0.1, 0.15) is 10.4 Å². The molecule has 0 atom stereocenters. The Balaban J connectivity index is 3.61. The average Bonchev–Trinajstić information content (AvgIpc) is 2.01. The van der Waals surface area contributed by atoms with Crippen LogP contribution in [0.5, 0.6) is 0 Å². The van der Waals surface area contributed by atoms with E-state index in [1.807, 2.05) is 0 Å². The molecule has 5 nitrogen and oxygen atoms in total. The second-order valence-corrected chi connectivity index (χ2v) is 4.95. The fraction of sp³-hybridized carbons (Fsp3) is 0. The molecule has 14 heavy (non-hydrogen) atoms. The summed E-state index contributed by atoms with van der Waals surface area (Å²) in [4.78, 5) is 10.1. The largest absolute Gasteiger partial charge is 0.478 e. The van der Waals surface area contributed by atoms with Crippen LogP contribution in [0.15, 0.2) is 23.1 Å². The van der Waals surface area contributed by atoms with E-state index in [0.717, 1.165) is 6.07 Å². The van der Waals surface area contributed by atoms with Gasteiger partial charge in [-0.05, 0) is 34.7 Å². The molecule has 0 unspecified atom stereocenters. The number of carboxylic acids is 1. The number of carbonyl (C=O) groups is 1. The van der Waals surface area contributed by atoms with Crippen molar-refractivity contribution in [3.8, 4) is 0 Å². The first kappa shape index (κ1) is 11.4. The van der Waals surface area contributed by atoms with E-state index >= 15 is 0 Å². The van der Waals surface area contributed by atoms with Gasteiger partial charge in [-0.1, -0.05) is 6.07 Å². The molecule has 0 aromatic heterocycles. The molecule has 0 bridgehead atoms. The van der Waals surface area contributed by atoms with Gasteiger partial charge in [0, 0.05) is 3.57 Å². The Kier molecular flexibility index (Phi) is 3.12. The van der Waals surface area contributed by atoms with Crippen molar-refractivity contribution in [2.75, 3.05) is 0 Å². The fourth-order valence-corrected chi connectivity index (χ4v) is 2.54. The number of benzene rings is 1. The van der Waals surface area contributed by atoms with Gasteiger partial charge in [0.15, 0.2) is 0 Å². The van der Waals surface area contributed by atoms with Crippen molar-refractivity contribution in [2.45, 2.75) is 4.90 Å². The van der Waals surface area contributed by atoms with Gasteiger partial charge in [0.2, 0.25) is 0 Å². The first-order chi connectivity index (χ1) is 6.34. The van der Waals surface area contributed by atoms with Gasteiger partial charge >= 0.3 is 5.97 Å². The molecule has 0 aliphatic rings. The average molecular weight is 328 g/mol. The molecule has 0 aliphatic heterocycles. The predicted molar refractivity (Wildman–Crippen MR) is 55.9 cm³/mol. The number of rotatable bonds is 2. The Labute approximate surface area is 93.6 Å². The number of halogens is 1. The highest BCUT2D eigenvalue weighted by Crippen LogP contribution is 2.21. The van der Waals surface area contributed by atoms with Crippen molar-refractivity contribution in [3.05, 3.63) is 27.3 Å². The van der Waals surface area contributed by atoms with Gasteiger partial charge in [-0.3, -0.25) is 4.55 Å². The number of carboxylic acid groups (broad SMARTS) is 1. The predicted octanol–water partition coefficient (Wildman–Crippen LogP) is 1.24. The Morgan fingerprint density at radius 1 is 1.36 bits per heavy atom. The Morgan fingerprint density at radius 3 is 2.29 bits per heavy atom. The molecule has 1 rings (SSSR count). The minimum atomic E-state index is -4.49. The smallest absolute Gasteiger partial charge is 0.338 e. The standard InChI is InChI=1S/C7H5IO5S/c8-4-2-1-3-5(14(11,12)13)6(4)7(9)10/h1-3H,(H,9,10)(H,11,12,13). The van der Waals surface area contributed by atoms with Crippen LogP contribution in [0.3, 0.4) is 0 Å². The SMILES string of the molecule is O=C(O)c1c(I)cccc1S(=O)(=O)O. The molecule has 7 heteroatoms. The molecule has 0 aliphatic carbocycles.